The fraction of sp³-hybridized carbons (Fsp3) is 0.400. The standard InChI is InChI=1S/C20H25N3O4S/c1-14(23-20(25)13-22-28(26,27)17-9-10-17)11-19(24)21-12-16-7-4-6-15-5-2-3-8-18(15)16/h2-8,14,17,22H,9-13H2,1H3,(H,21,24)(H,23,25)/t14-/m0/s1. The highest BCUT2D eigenvalue weighted by Gasteiger charge is 2.35. The van der Waals surface area contributed by atoms with Crippen LogP contribution in [0.25, 0.3) is 10.8 Å². The van der Waals surface area contributed by atoms with Gasteiger partial charge < -0.3 is 10.6 Å². The van der Waals surface area contributed by atoms with Crippen LogP contribution in [0.5, 0.6) is 0 Å². The molecule has 0 unspecified atom stereocenters. The van der Waals surface area contributed by atoms with Crippen LogP contribution in [0.3, 0.4) is 0 Å². The number of hydrogen-bond acceptors (Lipinski definition) is 4. The Morgan fingerprint density at radius 1 is 1.07 bits per heavy atom. The summed E-state index contributed by atoms with van der Waals surface area (Å²) in [5, 5.41) is 7.36. The van der Waals surface area contributed by atoms with Crippen LogP contribution in [0.15, 0.2) is 42.5 Å². The van der Waals surface area contributed by atoms with Gasteiger partial charge in [0.05, 0.1) is 11.8 Å². The Morgan fingerprint density at radius 3 is 2.54 bits per heavy atom. The van der Waals surface area contributed by atoms with E-state index in [4.69, 9.17) is 0 Å². The molecule has 150 valence electrons. The lowest BCUT2D eigenvalue weighted by molar-refractivity contribution is -0.123. The number of sulfonamides is 1. The third kappa shape index (κ3) is 5.53. The number of carbonyl (C=O) groups excluding carboxylic acids is 2. The van der Waals surface area contributed by atoms with E-state index in [-0.39, 0.29) is 24.1 Å². The van der Waals surface area contributed by atoms with Crippen LogP contribution in [0.4, 0.5) is 0 Å². The molecule has 8 heteroatoms. The van der Waals surface area contributed by atoms with Gasteiger partial charge in [-0.05, 0) is 36.1 Å². The largest absolute Gasteiger partial charge is 0.352 e. The molecule has 1 atom stereocenters. The first-order chi connectivity index (χ1) is 13.3. The molecule has 0 heterocycles. The van der Waals surface area contributed by atoms with Gasteiger partial charge in [-0.1, -0.05) is 42.5 Å². The van der Waals surface area contributed by atoms with Crippen molar-refractivity contribution in [3.05, 3.63) is 48.0 Å². The third-order valence-electron chi connectivity index (χ3n) is 4.65. The van der Waals surface area contributed by atoms with Crippen molar-refractivity contribution in [1.29, 1.82) is 0 Å². The first-order valence-corrected chi connectivity index (χ1v) is 10.9. The minimum absolute atomic E-state index is 0.117. The summed E-state index contributed by atoms with van der Waals surface area (Å²) >= 11 is 0. The van der Waals surface area contributed by atoms with E-state index in [1.165, 1.54) is 0 Å². The highest BCUT2D eigenvalue weighted by atomic mass is 32.2. The van der Waals surface area contributed by atoms with E-state index in [9.17, 15) is 18.0 Å². The average molecular weight is 404 g/mol. The van der Waals surface area contributed by atoms with Crippen LogP contribution in [-0.2, 0) is 26.2 Å². The zero-order valence-corrected chi connectivity index (χ0v) is 16.6. The molecular formula is C20H25N3O4S. The fourth-order valence-corrected chi connectivity index (χ4v) is 4.35. The molecule has 0 spiro atoms. The van der Waals surface area contributed by atoms with Crippen molar-refractivity contribution in [2.24, 2.45) is 0 Å². The summed E-state index contributed by atoms with van der Waals surface area (Å²) in [7, 11) is -3.39. The van der Waals surface area contributed by atoms with E-state index in [2.05, 4.69) is 15.4 Å². The number of nitrogens with one attached hydrogen (secondary N) is 3. The lowest BCUT2D eigenvalue weighted by Gasteiger charge is -2.15. The molecule has 0 radical (unpaired) electrons. The smallest absolute Gasteiger partial charge is 0.235 e. The predicted molar refractivity (Wildman–Crippen MR) is 108 cm³/mol. The lowest BCUT2D eigenvalue weighted by Crippen LogP contribution is -2.43. The van der Waals surface area contributed by atoms with Crippen molar-refractivity contribution in [2.75, 3.05) is 6.54 Å². The predicted octanol–water partition coefficient (Wildman–Crippen LogP) is 1.43. The summed E-state index contributed by atoms with van der Waals surface area (Å²) < 4.78 is 25.7. The molecule has 1 saturated carbocycles. The van der Waals surface area contributed by atoms with Crippen molar-refractivity contribution >= 4 is 32.6 Å². The van der Waals surface area contributed by atoms with Gasteiger partial charge in [0.25, 0.3) is 0 Å². The molecule has 2 aromatic carbocycles. The quantitative estimate of drug-likeness (QED) is 0.589. The van der Waals surface area contributed by atoms with Gasteiger partial charge in [0.15, 0.2) is 0 Å². The summed E-state index contributed by atoms with van der Waals surface area (Å²) in [6, 6.07) is 13.5. The van der Waals surface area contributed by atoms with Crippen molar-refractivity contribution in [3.63, 3.8) is 0 Å². The summed E-state index contributed by atoms with van der Waals surface area (Å²) in [4.78, 5) is 24.1. The SMILES string of the molecule is C[C@@H](CC(=O)NCc1cccc2ccccc12)NC(=O)CNS(=O)(=O)C1CC1. The summed E-state index contributed by atoms with van der Waals surface area (Å²) in [6.07, 6.45) is 1.40. The Kier molecular flexibility index (Phi) is 6.31. The van der Waals surface area contributed by atoms with Crippen molar-refractivity contribution < 1.29 is 18.0 Å². The molecule has 0 bridgehead atoms. The molecule has 2 amide bonds. The Bertz CT molecular complexity index is 965. The van der Waals surface area contributed by atoms with E-state index < -0.39 is 22.0 Å². The second kappa shape index (κ2) is 8.70. The average Bonchev–Trinajstić information content (AvgIpc) is 3.50. The van der Waals surface area contributed by atoms with Gasteiger partial charge in [0, 0.05) is 19.0 Å². The number of hydrogen-bond donors (Lipinski definition) is 3. The molecule has 1 aliphatic rings. The number of amides is 2. The number of rotatable bonds is 9. The van der Waals surface area contributed by atoms with Crippen LogP contribution < -0.4 is 15.4 Å². The summed E-state index contributed by atoms with van der Waals surface area (Å²) in [5.74, 6) is -0.627. The maximum Gasteiger partial charge on any atom is 0.235 e. The second-order valence-corrected chi connectivity index (χ2v) is 9.20. The van der Waals surface area contributed by atoms with E-state index in [1.54, 1.807) is 6.92 Å². The van der Waals surface area contributed by atoms with Gasteiger partial charge in [0.2, 0.25) is 21.8 Å². The van der Waals surface area contributed by atoms with Gasteiger partial charge in [-0.3, -0.25) is 9.59 Å². The molecule has 28 heavy (non-hydrogen) atoms. The monoisotopic (exact) mass is 403 g/mol. The van der Waals surface area contributed by atoms with E-state index >= 15 is 0 Å². The first kappa shape index (κ1) is 20.3. The van der Waals surface area contributed by atoms with Crippen molar-refractivity contribution in [1.82, 2.24) is 15.4 Å². The van der Waals surface area contributed by atoms with E-state index in [0.717, 1.165) is 16.3 Å². The number of carbonyl (C=O) groups is 2. The molecule has 3 rings (SSSR count). The molecule has 1 fully saturated rings. The van der Waals surface area contributed by atoms with Gasteiger partial charge in [0.1, 0.15) is 0 Å². The normalized spacial score (nSPS) is 15.2. The minimum atomic E-state index is -3.39. The molecule has 0 aromatic heterocycles. The van der Waals surface area contributed by atoms with Crippen LogP contribution in [0.2, 0.25) is 0 Å². The van der Waals surface area contributed by atoms with E-state index in [0.29, 0.717) is 19.4 Å². The highest BCUT2D eigenvalue weighted by Crippen LogP contribution is 2.27. The number of benzene rings is 2. The third-order valence-corrected chi connectivity index (χ3v) is 6.55. The lowest BCUT2D eigenvalue weighted by atomic mass is 10.0. The molecule has 1 aliphatic carbocycles. The Morgan fingerprint density at radius 2 is 1.79 bits per heavy atom. The molecule has 2 aromatic rings. The zero-order chi connectivity index (χ0) is 20.1. The molecule has 0 aliphatic heterocycles. The van der Waals surface area contributed by atoms with Crippen LogP contribution >= 0.6 is 0 Å². The maximum absolute atomic E-state index is 12.2. The van der Waals surface area contributed by atoms with Crippen LogP contribution in [0.1, 0.15) is 31.7 Å². The number of fused-ring (bicyclic) bond motifs is 1. The van der Waals surface area contributed by atoms with Crippen LogP contribution in [-0.4, -0.2) is 38.1 Å². The Labute approximate surface area is 164 Å². The highest BCUT2D eigenvalue weighted by molar-refractivity contribution is 7.90. The van der Waals surface area contributed by atoms with Crippen LogP contribution in [0, 0.1) is 0 Å². The summed E-state index contributed by atoms with van der Waals surface area (Å²) in [6.45, 7) is 1.81. The molecule has 7 nitrogen and oxygen atoms in total. The van der Waals surface area contributed by atoms with Crippen molar-refractivity contribution in [2.45, 2.75) is 44.0 Å². The first-order valence-electron chi connectivity index (χ1n) is 9.36. The Balaban J connectivity index is 1.43. The minimum Gasteiger partial charge on any atom is -0.352 e. The Hall–Kier alpha value is -2.45. The fourth-order valence-electron chi connectivity index (χ4n) is 3.03. The molecule has 3 N–H and O–H groups in total. The topological polar surface area (TPSA) is 104 Å². The van der Waals surface area contributed by atoms with Gasteiger partial charge in [-0.15, -0.1) is 0 Å². The van der Waals surface area contributed by atoms with E-state index in [1.807, 2.05) is 42.5 Å². The summed E-state index contributed by atoms with van der Waals surface area (Å²) in [5.41, 5.74) is 1.03. The van der Waals surface area contributed by atoms with Gasteiger partial charge in [-0.2, -0.15) is 0 Å². The molecule has 0 saturated heterocycles. The van der Waals surface area contributed by atoms with Gasteiger partial charge >= 0.3 is 0 Å². The second-order valence-electron chi connectivity index (χ2n) is 7.15. The van der Waals surface area contributed by atoms with Crippen molar-refractivity contribution in [3.8, 4) is 0 Å². The maximum atomic E-state index is 12.2. The van der Waals surface area contributed by atoms with Gasteiger partial charge in [-0.25, -0.2) is 13.1 Å². The zero-order valence-electron chi connectivity index (χ0n) is 15.8. The molecular weight excluding hydrogens is 378 g/mol.